The Kier molecular flexibility index (Phi) is 5.94. The number of likely N-dealkylation sites (N-methyl/N-ethyl adjacent to an activating group) is 1. The number of anilines is 3. The van der Waals surface area contributed by atoms with Gasteiger partial charge in [0, 0.05) is 30.2 Å². The van der Waals surface area contributed by atoms with Crippen LogP contribution in [0.3, 0.4) is 0 Å². The van der Waals surface area contributed by atoms with Gasteiger partial charge in [-0.15, -0.1) is 11.3 Å². The van der Waals surface area contributed by atoms with Crippen LogP contribution in [0.15, 0.2) is 6.20 Å². The van der Waals surface area contributed by atoms with E-state index in [1.807, 2.05) is 21.0 Å². The average Bonchev–Trinajstić information content (AvgIpc) is 3.25. The van der Waals surface area contributed by atoms with Crippen molar-refractivity contribution in [1.82, 2.24) is 30.2 Å². The molecule has 140 valence electrons. The Bertz CT molecular complexity index is 758. The Balaban J connectivity index is 1.57. The number of thiazole rings is 1. The second-order valence-electron chi connectivity index (χ2n) is 6.54. The Morgan fingerprint density at radius 1 is 1.27 bits per heavy atom. The van der Waals surface area contributed by atoms with Crippen LogP contribution in [-0.2, 0) is 11.2 Å². The highest BCUT2D eigenvalue weighted by molar-refractivity contribution is 7.15. The minimum absolute atomic E-state index is 0.0473. The summed E-state index contributed by atoms with van der Waals surface area (Å²) in [5.41, 5.74) is 0. The van der Waals surface area contributed by atoms with Crippen molar-refractivity contribution < 1.29 is 4.79 Å². The highest BCUT2D eigenvalue weighted by Crippen LogP contribution is 2.23. The topological polar surface area (TPSA) is 108 Å². The van der Waals surface area contributed by atoms with Crippen LogP contribution in [0.4, 0.5) is 17.0 Å². The molecule has 2 heterocycles. The molecular weight excluding hydrogens is 352 g/mol. The summed E-state index contributed by atoms with van der Waals surface area (Å²) in [4.78, 5) is 32.1. The Morgan fingerprint density at radius 2 is 2.04 bits per heavy atom. The molecule has 2 aromatic heterocycles. The molecule has 10 heteroatoms. The number of hydrogen-bond acceptors (Lipinski definition) is 9. The molecule has 1 fully saturated rings. The van der Waals surface area contributed by atoms with Crippen molar-refractivity contribution >= 4 is 34.3 Å². The number of nitrogens with zero attached hydrogens (tertiary/aromatic N) is 5. The van der Waals surface area contributed by atoms with Crippen molar-refractivity contribution in [2.24, 2.45) is 0 Å². The van der Waals surface area contributed by atoms with E-state index in [0.29, 0.717) is 35.3 Å². The van der Waals surface area contributed by atoms with Crippen molar-refractivity contribution in [3.05, 3.63) is 16.9 Å². The van der Waals surface area contributed by atoms with Crippen LogP contribution in [0, 0.1) is 6.92 Å². The van der Waals surface area contributed by atoms with Crippen LogP contribution >= 0.6 is 11.3 Å². The fraction of sp³-hybridized carbons (Fsp3) is 0.562. The first kappa shape index (κ1) is 18.5. The largest absolute Gasteiger partial charge is 0.353 e. The number of aromatic nitrogens is 4. The van der Waals surface area contributed by atoms with Crippen LogP contribution in [0.25, 0.3) is 0 Å². The maximum Gasteiger partial charge on any atom is 0.234 e. The van der Waals surface area contributed by atoms with Gasteiger partial charge in [0.25, 0.3) is 0 Å². The van der Waals surface area contributed by atoms with Gasteiger partial charge in [-0.1, -0.05) is 0 Å². The summed E-state index contributed by atoms with van der Waals surface area (Å²) < 4.78 is 0. The van der Waals surface area contributed by atoms with E-state index in [-0.39, 0.29) is 5.91 Å². The molecule has 1 saturated carbocycles. The minimum Gasteiger partial charge on any atom is -0.353 e. The highest BCUT2D eigenvalue weighted by Gasteiger charge is 2.23. The second kappa shape index (κ2) is 8.37. The maximum absolute atomic E-state index is 11.9. The van der Waals surface area contributed by atoms with Gasteiger partial charge in [0.2, 0.25) is 17.8 Å². The van der Waals surface area contributed by atoms with Crippen molar-refractivity contribution in [3.63, 3.8) is 0 Å². The molecule has 0 radical (unpaired) electrons. The molecule has 26 heavy (non-hydrogen) atoms. The summed E-state index contributed by atoms with van der Waals surface area (Å²) in [7, 11) is 4.02. The van der Waals surface area contributed by atoms with E-state index in [0.717, 1.165) is 30.8 Å². The van der Waals surface area contributed by atoms with E-state index >= 15 is 0 Å². The lowest BCUT2D eigenvalue weighted by Crippen LogP contribution is -2.26. The van der Waals surface area contributed by atoms with Crippen molar-refractivity contribution in [2.45, 2.75) is 32.2 Å². The lowest BCUT2D eigenvalue weighted by Gasteiger charge is -2.11. The van der Waals surface area contributed by atoms with Gasteiger partial charge < -0.3 is 15.5 Å². The van der Waals surface area contributed by atoms with Gasteiger partial charge in [0.05, 0.1) is 6.42 Å². The molecule has 2 aromatic rings. The monoisotopic (exact) mass is 376 g/mol. The van der Waals surface area contributed by atoms with E-state index in [1.165, 1.54) is 11.3 Å². The molecule has 3 rings (SSSR count). The molecular formula is C16H24N8OS. The second-order valence-corrected chi connectivity index (χ2v) is 7.65. The first-order valence-corrected chi connectivity index (χ1v) is 9.42. The molecule has 0 saturated heterocycles. The SMILES string of the molecule is Cc1nc(NCCN(C)C)nc(Nc2ncc(CC(=O)NC3CC3)s2)n1. The zero-order chi connectivity index (χ0) is 18.5. The van der Waals surface area contributed by atoms with Crippen LogP contribution in [0.1, 0.15) is 23.5 Å². The molecule has 3 N–H and O–H groups in total. The fourth-order valence-electron chi connectivity index (χ4n) is 2.22. The third-order valence-electron chi connectivity index (χ3n) is 3.64. The third kappa shape index (κ3) is 5.88. The normalized spacial score (nSPS) is 13.7. The minimum atomic E-state index is 0.0473. The third-order valence-corrected chi connectivity index (χ3v) is 4.55. The van der Waals surface area contributed by atoms with Gasteiger partial charge in [-0.3, -0.25) is 10.1 Å². The molecule has 1 amide bonds. The van der Waals surface area contributed by atoms with E-state index in [2.05, 4.69) is 40.8 Å². The number of carbonyl (C=O) groups is 1. The molecule has 0 spiro atoms. The first-order chi connectivity index (χ1) is 12.5. The number of hydrogen-bond donors (Lipinski definition) is 3. The van der Waals surface area contributed by atoms with Crippen molar-refractivity contribution in [1.29, 1.82) is 0 Å². The van der Waals surface area contributed by atoms with E-state index < -0.39 is 0 Å². The average molecular weight is 376 g/mol. The predicted molar refractivity (Wildman–Crippen MR) is 102 cm³/mol. The predicted octanol–water partition coefficient (Wildman–Crippen LogP) is 1.17. The smallest absolute Gasteiger partial charge is 0.234 e. The summed E-state index contributed by atoms with van der Waals surface area (Å²) in [6, 6.07) is 0.375. The van der Waals surface area contributed by atoms with Crippen LogP contribution in [-0.4, -0.2) is 64.0 Å². The van der Waals surface area contributed by atoms with E-state index in [1.54, 1.807) is 6.20 Å². The standard InChI is InChI=1S/C16H24N8OS/c1-10-19-14(17-6-7-24(2)3)22-15(20-10)23-16-18-9-12(26-16)8-13(25)21-11-4-5-11/h9,11H,4-8H2,1-3H3,(H,21,25)(H2,17,18,19,20,22,23). The number of amides is 1. The van der Waals surface area contributed by atoms with Crippen molar-refractivity contribution in [3.8, 4) is 0 Å². The quantitative estimate of drug-likeness (QED) is 0.599. The summed E-state index contributed by atoms with van der Waals surface area (Å²) in [6.07, 6.45) is 4.24. The Labute approximate surface area is 156 Å². The van der Waals surface area contributed by atoms with Gasteiger partial charge in [-0.25, -0.2) is 4.98 Å². The summed E-state index contributed by atoms with van der Waals surface area (Å²) in [6.45, 7) is 3.44. The molecule has 9 nitrogen and oxygen atoms in total. The van der Waals surface area contributed by atoms with Gasteiger partial charge in [-0.05, 0) is 33.9 Å². The van der Waals surface area contributed by atoms with Gasteiger partial charge in [-0.2, -0.15) is 15.0 Å². The van der Waals surface area contributed by atoms with Crippen molar-refractivity contribution in [2.75, 3.05) is 37.8 Å². The number of rotatable bonds is 9. The van der Waals surface area contributed by atoms with Crippen LogP contribution < -0.4 is 16.0 Å². The Morgan fingerprint density at radius 3 is 2.77 bits per heavy atom. The first-order valence-electron chi connectivity index (χ1n) is 8.60. The molecule has 1 aliphatic carbocycles. The summed E-state index contributed by atoms with van der Waals surface area (Å²) in [5, 5.41) is 9.91. The molecule has 0 aliphatic heterocycles. The van der Waals surface area contributed by atoms with E-state index in [4.69, 9.17) is 0 Å². The molecule has 0 aromatic carbocycles. The number of nitrogens with one attached hydrogen (secondary N) is 3. The summed E-state index contributed by atoms with van der Waals surface area (Å²) >= 11 is 1.43. The zero-order valence-electron chi connectivity index (χ0n) is 15.2. The zero-order valence-corrected chi connectivity index (χ0v) is 16.1. The van der Waals surface area contributed by atoms with Crippen LogP contribution in [0.5, 0.6) is 0 Å². The van der Waals surface area contributed by atoms with E-state index in [9.17, 15) is 4.79 Å². The molecule has 0 atom stereocenters. The maximum atomic E-state index is 11.9. The lowest BCUT2D eigenvalue weighted by atomic mass is 10.3. The Hall–Kier alpha value is -2.33. The molecule has 0 bridgehead atoms. The molecule has 1 aliphatic rings. The van der Waals surface area contributed by atoms with Gasteiger partial charge in [0.1, 0.15) is 5.82 Å². The lowest BCUT2D eigenvalue weighted by molar-refractivity contribution is -0.120. The molecule has 0 unspecified atom stereocenters. The fourth-order valence-corrected chi connectivity index (χ4v) is 3.02. The van der Waals surface area contributed by atoms with Gasteiger partial charge in [0.15, 0.2) is 5.13 Å². The number of carbonyl (C=O) groups excluding carboxylic acids is 1. The van der Waals surface area contributed by atoms with Gasteiger partial charge >= 0.3 is 0 Å². The highest BCUT2D eigenvalue weighted by atomic mass is 32.1. The van der Waals surface area contributed by atoms with Crippen LogP contribution in [0.2, 0.25) is 0 Å². The summed E-state index contributed by atoms with van der Waals surface area (Å²) in [5.74, 6) is 1.64. The number of aryl methyl sites for hydroxylation is 1.